The van der Waals surface area contributed by atoms with Crippen LogP contribution in [0.4, 0.5) is 4.39 Å². The van der Waals surface area contributed by atoms with Crippen molar-refractivity contribution in [2.75, 3.05) is 13.6 Å². The van der Waals surface area contributed by atoms with E-state index in [0.29, 0.717) is 12.1 Å². The lowest BCUT2D eigenvalue weighted by molar-refractivity contribution is 0.324. The molecule has 2 nitrogen and oxygen atoms in total. The molecular weight excluding hydrogens is 307 g/mol. The molecule has 19 heavy (non-hydrogen) atoms. The molecule has 0 aliphatic rings. The first-order chi connectivity index (χ1) is 9.15. The summed E-state index contributed by atoms with van der Waals surface area (Å²) in [6.07, 6.45) is 2.67. The van der Waals surface area contributed by atoms with Crippen LogP contribution in [0.2, 0.25) is 0 Å². The molecule has 0 unspecified atom stereocenters. The maximum atomic E-state index is 13.7. The molecule has 1 heterocycles. The maximum Gasteiger partial charge on any atom is 0.128 e. The molecule has 1 aromatic carbocycles. The Bertz CT molecular complexity index is 531. The van der Waals surface area contributed by atoms with Gasteiger partial charge in [-0.1, -0.05) is 28.1 Å². The summed E-state index contributed by atoms with van der Waals surface area (Å²) in [7, 11) is 1.99. The number of hydrogen-bond donors (Lipinski definition) is 0. The van der Waals surface area contributed by atoms with Gasteiger partial charge in [-0.15, -0.1) is 0 Å². The van der Waals surface area contributed by atoms with E-state index in [9.17, 15) is 4.39 Å². The molecule has 0 spiro atoms. The molecule has 4 heteroatoms. The second-order valence-electron chi connectivity index (χ2n) is 4.54. The lowest BCUT2D eigenvalue weighted by atomic mass is 10.2. The summed E-state index contributed by atoms with van der Waals surface area (Å²) in [6, 6.07) is 11.1. The molecule has 0 aliphatic carbocycles. The number of rotatable bonds is 5. The third-order valence-electron chi connectivity index (χ3n) is 2.93. The van der Waals surface area contributed by atoms with Crippen molar-refractivity contribution in [1.82, 2.24) is 9.88 Å². The first kappa shape index (κ1) is 14.2. The predicted molar refractivity (Wildman–Crippen MR) is 78.4 cm³/mol. The van der Waals surface area contributed by atoms with Crippen LogP contribution in [-0.2, 0) is 13.0 Å². The zero-order valence-corrected chi connectivity index (χ0v) is 12.4. The molecule has 0 radical (unpaired) electrons. The van der Waals surface area contributed by atoms with Crippen molar-refractivity contribution in [2.45, 2.75) is 13.0 Å². The Morgan fingerprint density at radius 1 is 1.26 bits per heavy atom. The predicted octanol–water partition coefficient (Wildman–Crippen LogP) is 3.66. The van der Waals surface area contributed by atoms with Crippen molar-refractivity contribution in [2.24, 2.45) is 0 Å². The van der Waals surface area contributed by atoms with Crippen LogP contribution in [0, 0.1) is 5.82 Å². The molecule has 2 aromatic rings. The Morgan fingerprint density at radius 2 is 2.11 bits per heavy atom. The van der Waals surface area contributed by atoms with Gasteiger partial charge >= 0.3 is 0 Å². The SMILES string of the molecule is CN(CCc1ccccn1)Cc1ccc(Br)cc1F. The smallest absolute Gasteiger partial charge is 0.128 e. The number of aromatic nitrogens is 1. The number of pyridine rings is 1. The lowest BCUT2D eigenvalue weighted by Crippen LogP contribution is -2.21. The van der Waals surface area contributed by atoms with Gasteiger partial charge in [0.2, 0.25) is 0 Å². The zero-order valence-electron chi connectivity index (χ0n) is 10.8. The van der Waals surface area contributed by atoms with E-state index in [4.69, 9.17) is 0 Å². The van der Waals surface area contributed by atoms with Crippen molar-refractivity contribution in [1.29, 1.82) is 0 Å². The van der Waals surface area contributed by atoms with Crippen molar-refractivity contribution in [3.63, 3.8) is 0 Å². The van der Waals surface area contributed by atoms with E-state index in [1.165, 1.54) is 6.07 Å². The highest BCUT2D eigenvalue weighted by molar-refractivity contribution is 9.10. The Kier molecular flexibility index (Phi) is 5.05. The van der Waals surface area contributed by atoms with Gasteiger partial charge in [0, 0.05) is 41.4 Å². The van der Waals surface area contributed by atoms with E-state index < -0.39 is 0 Å². The summed E-state index contributed by atoms with van der Waals surface area (Å²) in [5.41, 5.74) is 1.78. The van der Waals surface area contributed by atoms with E-state index >= 15 is 0 Å². The van der Waals surface area contributed by atoms with Gasteiger partial charge in [0.05, 0.1) is 0 Å². The lowest BCUT2D eigenvalue weighted by Gasteiger charge is -2.16. The van der Waals surface area contributed by atoms with E-state index in [2.05, 4.69) is 25.8 Å². The van der Waals surface area contributed by atoms with Crippen LogP contribution in [0.1, 0.15) is 11.3 Å². The van der Waals surface area contributed by atoms with Crippen molar-refractivity contribution in [3.05, 3.63) is 64.1 Å². The van der Waals surface area contributed by atoms with Gasteiger partial charge in [0.1, 0.15) is 5.82 Å². The highest BCUT2D eigenvalue weighted by Crippen LogP contribution is 2.16. The zero-order chi connectivity index (χ0) is 13.7. The Balaban J connectivity index is 1.89. The van der Waals surface area contributed by atoms with Crippen LogP contribution in [0.3, 0.4) is 0 Å². The number of halogens is 2. The first-order valence-corrected chi connectivity index (χ1v) is 6.97. The summed E-state index contributed by atoms with van der Waals surface area (Å²) in [5.74, 6) is -0.168. The van der Waals surface area contributed by atoms with Crippen LogP contribution in [0.25, 0.3) is 0 Å². The van der Waals surface area contributed by atoms with Crippen LogP contribution in [-0.4, -0.2) is 23.5 Å². The van der Waals surface area contributed by atoms with Crippen LogP contribution in [0.5, 0.6) is 0 Å². The average Bonchev–Trinajstić information content (AvgIpc) is 2.41. The van der Waals surface area contributed by atoms with Gasteiger partial charge in [0.15, 0.2) is 0 Å². The summed E-state index contributed by atoms with van der Waals surface area (Å²) in [4.78, 5) is 6.38. The van der Waals surface area contributed by atoms with E-state index in [1.54, 1.807) is 6.20 Å². The number of hydrogen-bond acceptors (Lipinski definition) is 2. The molecule has 0 bridgehead atoms. The molecule has 2 rings (SSSR count). The molecule has 0 amide bonds. The minimum atomic E-state index is -0.168. The third-order valence-corrected chi connectivity index (χ3v) is 3.42. The highest BCUT2D eigenvalue weighted by Gasteiger charge is 2.06. The molecular formula is C15H16BrFN2. The van der Waals surface area contributed by atoms with Gasteiger partial charge in [-0.25, -0.2) is 4.39 Å². The van der Waals surface area contributed by atoms with Gasteiger partial charge in [-0.2, -0.15) is 0 Å². The fourth-order valence-electron chi connectivity index (χ4n) is 1.87. The summed E-state index contributed by atoms with van der Waals surface area (Å²) >= 11 is 3.26. The Labute approximate surface area is 121 Å². The summed E-state index contributed by atoms with van der Waals surface area (Å²) in [5, 5.41) is 0. The third kappa shape index (κ3) is 4.40. The van der Waals surface area contributed by atoms with Crippen molar-refractivity contribution >= 4 is 15.9 Å². The first-order valence-electron chi connectivity index (χ1n) is 6.17. The van der Waals surface area contributed by atoms with Crippen LogP contribution >= 0.6 is 15.9 Å². The van der Waals surface area contributed by atoms with Crippen molar-refractivity contribution in [3.8, 4) is 0 Å². The molecule has 100 valence electrons. The quantitative estimate of drug-likeness (QED) is 0.835. The molecule has 0 saturated carbocycles. The standard InChI is InChI=1S/C15H16BrFN2/c1-19(9-7-14-4-2-3-8-18-14)11-12-5-6-13(16)10-15(12)17/h2-6,8,10H,7,9,11H2,1H3. The second kappa shape index (κ2) is 6.78. The molecule has 0 N–H and O–H groups in total. The molecule has 0 aliphatic heterocycles. The number of likely N-dealkylation sites (N-methyl/N-ethyl adjacent to an activating group) is 1. The average molecular weight is 323 g/mol. The Morgan fingerprint density at radius 3 is 2.79 bits per heavy atom. The molecule has 0 atom stereocenters. The molecule has 0 fully saturated rings. The summed E-state index contributed by atoms with van der Waals surface area (Å²) < 4.78 is 14.5. The molecule has 1 aromatic heterocycles. The largest absolute Gasteiger partial charge is 0.302 e. The highest BCUT2D eigenvalue weighted by atomic mass is 79.9. The second-order valence-corrected chi connectivity index (χ2v) is 5.46. The minimum Gasteiger partial charge on any atom is -0.302 e. The van der Waals surface area contributed by atoms with Crippen LogP contribution < -0.4 is 0 Å². The molecule has 0 saturated heterocycles. The van der Waals surface area contributed by atoms with Gasteiger partial charge in [-0.3, -0.25) is 4.98 Å². The minimum absolute atomic E-state index is 0.168. The topological polar surface area (TPSA) is 16.1 Å². The summed E-state index contributed by atoms with van der Waals surface area (Å²) in [6.45, 7) is 1.46. The number of benzene rings is 1. The van der Waals surface area contributed by atoms with Gasteiger partial charge in [0.25, 0.3) is 0 Å². The van der Waals surface area contributed by atoms with Gasteiger partial charge < -0.3 is 4.90 Å². The van der Waals surface area contributed by atoms with E-state index in [1.807, 2.05) is 37.4 Å². The van der Waals surface area contributed by atoms with Gasteiger partial charge in [-0.05, 0) is 31.3 Å². The Hall–Kier alpha value is -1.26. The maximum absolute atomic E-state index is 13.7. The number of nitrogens with zero attached hydrogens (tertiary/aromatic N) is 2. The van der Waals surface area contributed by atoms with E-state index in [0.717, 1.165) is 23.1 Å². The van der Waals surface area contributed by atoms with E-state index in [-0.39, 0.29) is 5.82 Å². The normalized spacial score (nSPS) is 10.9. The fraction of sp³-hybridized carbons (Fsp3) is 0.267. The fourth-order valence-corrected chi connectivity index (χ4v) is 2.20. The van der Waals surface area contributed by atoms with Crippen LogP contribution in [0.15, 0.2) is 47.1 Å². The monoisotopic (exact) mass is 322 g/mol. The van der Waals surface area contributed by atoms with Crippen molar-refractivity contribution < 1.29 is 4.39 Å².